The van der Waals surface area contributed by atoms with Gasteiger partial charge in [-0.1, -0.05) is 28.1 Å². The van der Waals surface area contributed by atoms with E-state index < -0.39 is 6.67 Å². The molecule has 1 aromatic heterocycles. The minimum Gasteiger partial charge on any atom is -0.392 e. The number of anilines is 1. The summed E-state index contributed by atoms with van der Waals surface area (Å²) in [5, 5.41) is 3.61. The second kappa shape index (κ2) is 5.62. The first-order chi connectivity index (χ1) is 7.19. The number of hydrogen-bond donors (Lipinski definition) is 1. The summed E-state index contributed by atoms with van der Waals surface area (Å²) < 4.78 is 11.9. The van der Waals surface area contributed by atoms with Crippen molar-refractivity contribution in [3.63, 3.8) is 0 Å². The number of halogens is 2. The first-order valence-electron chi connectivity index (χ1n) is 3.82. The number of rotatable bonds is 5. The first-order valence-corrected chi connectivity index (χ1v) is 5.01. The van der Waals surface area contributed by atoms with Crippen molar-refractivity contribution in [1.29, 1.82) is 0 Å². The minimum atomic E-state index is -0.692. The van der Waals surface area contributed by atoms with Gasteiger partial charge < -0.3 is 10.6 Å². The zero-order valence-electron chi connectivity index (χ0n) is 7.44. The third-order valence-corrected chi connectivity index (χ3v) is 2.37. The third kappa shape index (κ3) is 3.14. The highest BCUT2D eigenvalue weighted by Crippen LogP contribution is 2.25. The summed E-state index contributed by atoms with van der Waals surface area (Å²) in [5.41, 5.74) is 5.41. The van der Waals surface area contributed by atoms with E-state index >= 15 is 0 Å². The lowest BCUT2D eigenvalue weighted by Crippen LogP contribution is -2.06. The Labute approximate surface area is 93.7 Å². The molecule has 2 N–H and O–H groups in total. The van der Waals surface area contributed by atoms with Crippen LogP contribution < -0.4 is 5.73 Å². The molecule has 0 unspecified atom stereocenters. The Morgan fingerprint density at radius 2 is 2.53 bits per heavy atom. The summed E-state index contributed by atoms with van der Waals surface area (Å²) >= 11 is 6.75. The predicted molar refractivity (Wildman–Crippen MR) is 56.1 cm³/mol. The second-order valence-corrected chi connectivity index (χ2v) is 3.92. The lowest BCUT2D eigenvalue weighted by atomic mass is 10.3. The van der Waals surface area contributed by atoms with Gasteiger partial charge in [0.2, 0.25) is 0 Å². The molecule has 0 fully saturated rings. The van der Waals surface area contributed by atoms with Crippen LogP contribution in [0.15, 0.2) is 5.16 Å². The Morgan fingerprint density at radius 1 is 1.80 bits per heavy atom. The number of hydrogen-bond acceptors (Lipinski definition) is 6. The van der Waals surface area contributed by atoms with E-state index in [4.69, 9.17) is 17.3 Å². The third-order valence-electron chi connectivity index (χ3n) is 1.29. The van der Waals surface area contributed by atoms with E-state index in [9.17, 15) is 9.18 Å². The number of aromatic nitrogens is 1. The summed E-state index contributed by atoms with van der Waals surface area (Å²) in [6.45, 7) is -0.919. The van der Waals surface area contributed by atoms with Crippen LogP contribution >= 0.6 is 22.9 Å². The highest BCUT2D eigenvalue weighted by atomic mass is 35.5. The van der Waals surface area contributed by atoms with E-state index in [1.165, 1.54) is 0 Å². The Balaban J connectivity index is 2.87. The van der Waals surface area contributed by atoms with E-state index in [2.05, 4.69) is 15.0 Å². The van der Waals surface area contributed by atoms with Gasteiger partial charge in [-0.15, -0.1) is 0 Å². The minimum absolute atomic E-state index is 0.110. The summed E-state index contributed by atoms with van der Waals surface area (Å²) in [7, 11) is 0. The second-order valence-electron chi connectivity index (χ2n) is 2.29. The zero-order valence-corrected chi connectivity index (χ0v) is 9.02. The number of nitrogens with two attached hydrogens (primary N) is 1. The van der Waals surface area contributed by atoms with Crippen molar-refractivity contribution in [1.82, 2.24) is 4.98 Å². The highest BCUT2D eigenvalue weighted by molar-refractivity contribution is 7.19. The number of carbonyl (C=O) groups is 1. The number of thiazole rings is 1. The molecule has 0 aromatic carbocycles. The van der Waals surface area contributed by atoms with Crippen molar-refractivity contribution in [2.24, 2.45) is 5.16 Å². The molecule has 5 nitrogen and oxygen atoms in total. The van der Waals surface area contributed by atoms with Crippen molar-refractivity contribution >= 4 is 40.1 Å². The molecule has 1 rings (SSSR count). The Bertz CT molecular complexity index is 382. The number of nitrogen functional groups attached to an aromatic ring is 1. The van der Waals surface area contributed by atoms with Crippen LogP contribution in [0.5, 0.6) is 0 Å². The number of aldehydes is 1. The van der Waals surface area contributed by atoms with Crippen LogP contribution in [0.3, 0.4) is 0 Å². The molecule has 0 radical (unpaired) electrons. The Morgan fingerprint density at radius 3 is 3.00 bits per heavy atom. The number of carbonyl (C=O) groups excluding carboxylic acids is 1. The van der Waals surface area contributed by atoms with Crippen molar-refractivity contribution in [2.45, 2.75) is 0 Å². The van der Waals surface area contributed by atoms with E-state index in [-0.39, 0.29) is 27.5 Å². The van der Waals surface area contributed by atoms with Gasteiger partial charge in [0.15, 0.2) is 17.1 Å². The number of oxime groups is 1. The van der Waals surface area contributed by atoms with Crippen molar-refractivity contribution < 1.29 is 14.0 Å². The van der Waals surface area contributed by atoms with Gasteiger partial charge in [0.05, 0.1) is 0 Å². The molecule has 8 heteroatoms. The van der Waals surface area contributed by atoms with Crippen LogP contribution in [-0.4, -0.2) is 30.3 Å². The Hall–Kier alpha value is -1.21. The van der Waals surface area contributed by atoms with E-state index in [1.807, 2.05) is 0 Å². The molecule has 1 aromatic rings. The monoisotopic (exact) mass is 251 g/mol. The topological polar surface area (TPSA) is 77.6 Å². The Kier molecular flexibility index (Phi) is 4.44. The molecular formula is C7H7ClFN3O2S. The van der Waals surface area contributed by atoms with Gasteiger partial charge in [-0.25, -0.2) is 9.37 Å². The fraction of sp³-hybridized carbons (Fsp3) is 0.286. The van der Waals surface area contributed by atoms with E-state index in [1.54, 1.807) is 0 Å². The van der Waals surface area contributed by atoms with Crippen LogP contribution in [-0.2, 0) is 9.63 Å². The largest absolute Gasteiger partial charge is 0.392 e. The highest BCUT2D eigenvalue weighted by Gasteiger charge is 2.14. The summed E-state index contributed by atoms with van der Waals surface area (Å²) in [5.74, 6) is 0. The molecule has 0 aliphatic heterocycles. The molecule has 0 spiro atoms. The lowest BCUT2D eigenvalue weighted by Gasteiger charge is -1.96. The maximum atomic E-state index is 11.7. The van der Waals surface area contributed by atoms with Crippen LogP contribution in [0.1, 0.15) is 5.69 Å². The predicted octanol–water partition coefficient (Wildman–Crippen LogP) is 1.27. The molecule has 0 bridgehead atoms. The molecule has 0 saturated heterocycles. The zero-order chi connectivity index (χ0) is 11.3. The molecule has 15 heavy (non-hydrogen) atoms. The molecule has 82 valence electrons. The molecule has 0 aliphatic carbocycles. The number of nitrogens with zero attached hydrogens (tertiary/aromatic N) is 2. The van der Waals surface area contributed by atoms with Crippen LogP contribution in [0, 0.1) is 0 Å². The lowest BCUT2D eigenvalue weighted by molar-refractivity contribution is -0.102. The van der Waals surface area contributed by atoms with Gasteiger partial charge in [-0.3, -0.25) is 4.79 Å². The van der Waals surface area contributed by atoms with Crippen molar-refractivity contribution in [3.05, 3.63) is 10.0 Å². The molecule has 0 atom stereocenters. The summed E-state index contributed by atoms with van der Waals surface area (Å²) in [6, 6.07) is 0. The maximum absolute atomic E-state index is 11.7. The quantitative estimate of drug-likeness (QED) is 0.370. The smallest absolute Gasteiger partial charge is 0.182 e. The van der Waals surface area contributed by atoms with E-state index in [0.29, 0.717) is 6.29 Å². The summed E-state index contributed by atoms with van der Waals surface area (Å²) in [6.07, 6.45) is 0.415. The SMILES string of the molecule is Nc1nc(C(C=O)=NOCCF)c(Cl)s1. The number of alkyl halides is 1. The maximum Gasteiger partial charge on any atom is 0.182 e. The van der Waals surface area contributed by atoms with Gasteiger partial charge in [0.25, 0.3) is 0 Å². The van der Waals surface area contributed by atoms with Gasteiger partial charge in [-0.2, -0.15) is 0 Å². The van der Waals surface area contributed by atoms with Gasteiger partial charge in [0.1, 0.15) is 23.3 Å². The van der Waals surface area contributed by atoms with Crippen LogP contribution in [0.25, 0.3) is 0 Å². The average molecular weight is 252 g/mol. The summed E-state index contributed by atoms with van der Waals surface area (Å²) in [4.78, 5) is 18.9. The standard InChI is InChI=1S/C7H7ClFN3O2S/c8-6-5(11-7(10)15-6)4(3-13)12-14-2-1-9/h3H,1-2H2,(H2,10,11). The van der Waals surface area contributed by atoms with E-state index in [0.717, 1.165) is 11.3 Å². The van der Waals surface area contributed by atoms with Gasteiger partial charge in [-0.05, 0) is 0 Å². The molecule has 0 saturated carbocycles. The molecular weight excluding hydrogens is 245 g/mol. The van der Waals surface area contributed by atoms with Gasteiger partial charge in [0, 0.05) is 0 Å². The fourth-order valence-electron chi connectivity index (χ4n) is 0.745. The van der Waals surface area contributed by atoms with Crippen LogP contribution in [0.4, 0.5) is 9.52 Å². The van der Waals surface area contributed by atoms with Crippen LogP contribution in [0.2, 0.25) is 4.34 Å². The molecule has 0 aliphatic rings. The first kappa shape index (κ1) is 11.9. The molecule has 1 heterocycles. The molecule has 0 amide bonds. The fourth-order valence-corrected chi connectivity index (χ4v) is 1.69. The van der Waals surface area contributed by atoms with Crippen molar-refractivity contribution in [3.8, 4) is 0 Å². The van der Waals surface area contributed by atoms with Gasteiger partial charge >= 0.3 is 0 Å². The average Bonchev–Trinajstić information content (AvgIpc) is 2.53. The normalized spacial score (nSPS) is 11.5. The van der Waals surface area contributed by atoms with Crippen molar-refractivity contribution in [2.75, 3.05) is 19.0 Å².